The SMILES string of the molecule is CC(C(=O)NCC1CCCO1)N(Cc1ccccc1)C(=O)Cc1ccc(Cl)cc1. The summed E-state index contributed by atoms with van der Waals surface area (Å²) in [5.41, 5.74) is 1.85. The van der Waals surface area contributed by atoms with E-state index < -0.39 is 6.04 Å². The molecule has 2 unspecified atom stereocenters. The van der Waals surface area contributed by atoms with E-state index in [4.69, 9.17) is 16.3 Å². The lowest BCUT2D eigenvalue weighted by molar-refractivity contribution is -0.140. The van der Waals surface area contributed by atoms with Crippen molar-refractivity contribution in [3.05, 3.63) is 70.7 Å². The van der Waals surface area contributed by atoms with Crippen LogP contribution in [0.3, 0.4) is 0 Å². The molecule has 0 aliphatic carbocycles. The van der Waals surface area contributed by atoms with Crippen LogP contribution in [0.15, 0.2) is 54.6 Å². The highest BCUT2D eigenvalue weighted by molar-refractivity contribution is 6.30. The monoisotopic (exact) mass is 414 g/mol. The summed E-state index contributed by atoms with van der Waals surface area (Å²) in [6, 6.07) is 16.3. The average molecular weight is 415 g/mol. The summed E-state index contributed by atoms with van der Waals surface area (Å²) in [7, 11) is 0. The quantitative estimate of drug-likeness (QED) is 0.718. The number of ether oxygens (including phenoxy) is 1. The van der Waals surface area contributed by atoms with Crippen LogP contribution in [0, 0.1) is 0 Å². The summed E-state index contributed by atoms with van der Waals surface area (Å²) in [6.45, 7) is 3.37. The Morgan fingerprint density at radius 3 is 2.52 bits per heavy atom. The molecule has 3 rings (SSSR count). The van der Waals surface area contributed by atoms with Crippen LogP contribution in [0.5, 0.6) is 0 Å². The smallest absolute Gasteiger partial charge is 0.242 e. The Hall–Kier alpha value is -2.37. The van der Waals surface area contributed by atoms with E-state index in [1.54, 1.807) is 24.0 Å². The third-order valence-electron chi connectivity index (χ3n) is 5.16. The molecule has 0 bridgehead atoms. The molecular formula is C23H27ClN2O3. The first kappa shape index (κ1) is 21.3. The van der Waals surface area contributed by atoms with Crippen molar-refractivity contribution < 1.29 is 14.3 Å². The summed E-state index contributed by atoms with van der Waals surface area (Å²) in [6.07, 6.45) is 2.26. The summed E-state index contributed by atoms with van der Waals surface area (Å²) in [5.74, 6) is -0.267. The lowest BCUT2D eigenvalue weighted by atomic mass is 10.1. The van der Waals surface area contributed by atoms with Gasteiger partial charge in [0, 0.05) is 24.7 Å². The van der Waals surface area contributed by atoms with Gasteiger partial charge in [-0.3, -0.25) is 9.59 Å². The maximum absolute atomic E-state index is 13.1. The topological polar surface area (TPSA) is 58.6 Å². The number of nitrogens with one attached hydrogen (secondary N) is 1. The first-order chi connectivity index (χ1) is 14.0. The largest absolute Gasteiger partial charge is 0.376 e. The Bertz CT molecular complexity index is 805. The highest BCUT2D eigenvalue weighted by Crippen LogP contribution is 2.15. The first-order valence-corrected chi connectivity index (χ1v) is 10.4. The third-order valence-corrected chi connectivity index (χ3v) is 5.41. The zero-order valence-corrected chi connectivity index (χ0v) is 17.4. The molecule has 0 saturated carbocycles. The van der Waals surface area contributed by atoms with Crippen molar-refractivity contribution >= 4 is 23.4 Å². The Morgan fingerprint density at radius 1 is 1.14 bits per heavy atom. The molecule has 1 aliphatic heterocycles. The van der Waals surface area contributed by atoms with E-state index in [-0.39, 0.29) is 24.3 Å². The molecule has 2 aromatic carbocycles. The van der Waals surface area contributed by atoms with Crippen molar-refractivity contribution in [3.8, 4) is 0 Å². The van der Waals surface area contributed by atoms with Gasteiger partial charge < -0.3 is 15.0 Å². The van der Waals surface area contributed by atoms with Crippen molar-refractivity contribution in [2.75, 3.05) is 13.2 Å². The predicted octanol–water partition coefficient (Wildman–Crippen LogP) is 3.60. The summed E-state index contributed by atoms with van der Waals surface area (Å²) >= 11 is 5.94. The second-order valence-corrected chi connectivity index (χ2v) is 7.80. The van der Waals surface area contributed by atoms with E-state index in [1.165, 1.54) is 0 Å². The molecule has 2 aromatic rings. The fourth-order valence-corrected chi connectivity index (χ4v) is 3.53. The Kier molecular flexibility index (Phi) is 7.67. The lowest BCUT2D eigenvalue weighted by Crippen LogP contribution is -2.49. The lowest BCUT2D eigenvalue weighted by Gasteiger charge is -2.29. The maximum Gasteiger partial charge on any atom is 0.242 e. The normalized spacial score (nSPS) is 17.0. The predicted molar refractivity (Wildman–Crippen MR) is 114 cm³/mol. The zero-order valence-electron chi connectivity index (χ0n) is 16.6. The van der Waals surface area contributed by atoms with Crippen molar-refractivity contribution in [1.82, 2.24) is 10.2 Å². The van der Waals surface area contributed by atoms with Crippen LogP contribution in [0.2, 0.25) is 5.02 Å². The van der Waals surface area contributed by atoms with E-state index in [0.29, 0.717) is 18.1 Å². The van der Waals surface area contributed by atoms with E-state index in [1.807, 2.05) is 42.5 Å². The first-order valence-electron chi connectivity index (χ1n) is 10.00. The fraction of sp³-hybridized carbons (Fsp3) is 0.391. The standard InChI is InChI=1S/C23H27ClN2O3/c1-17(23(28)25-15-21-8-5-13-29-21)26(16-19-6-3-2-4-7-19)22(27)14-18-9-11-20(24)12-10-18/h2-4,6-7,9-12,17,21H,5,8,13-16H2,1H3,(H,25,28). The number of carbonyl (C=O) groups excluding carboxylic acids is 2. The van der Waals surface area contributed by atoms with Gasteiger partial charge in [-0.15, -0.1) is 0 Å². The molecule has 1 heterocycles. The highest BCUT2D eigenvalue weighted by atomic mass is 35.5. The number of amides is 2. The number of nitrogens with zero attached hydrogens (tertiary/aromatic N) is 1. The Balaban J connectivity index is 1.69. The second-order valence-electron chi connectivity index (χ2n) is 7.37. The van der Waals surface area contributed by atoms with Crippen LogP contribution in [0.4, 0.5) is 0 Å². The molecule has 1 fully saturated rings. The van der Waals surface area contributed by atoms with Crippen LogP contribution >= 0.6 is 11.6 Å². The number of rotatable bonds is 8. The van der Waals surface area contributed by atoms with E-state index in [0.717, 1.165) is 30.6 Å². The number of halogens is 1. The minimum absolute atomic E-state index is 0.0680. The van der Waals surface area contributed by atoms with Crippen molar-refractivity contribution in [2.24, 2.45) is 0 Å². The molecule has 5 nitrogen and oxygen atoms in total. The van der Waals surface area contributed by atoms with Gasteiger partial charge in [-0.25, -0.2) is 0 Å². The summed E-state index contributed by atoms with van der Waals surface area (Å²) in [4.78, 5) is 27.5. The molecule has 0 aromatic heterocycles. The molecule has 2 atom stereocenters. The molecule has 1 saturated heterocycles. The van der Waals surface area contributed by atoms with E-state index in [2.05, 4.69) is 5.32 Å². The number of carbonyl (C=O) groups is 2. The van der Waals surface area contributed by atoms with Crippen molar-refractivity contribution in [2.45, 2.75) is 44.9 Å². The molecule has 6 heteroatoms. The van der Waals surface area contributed by atoms with Gasteiger partial charge in [-0.1, -0.05) is 54.1 Å². The average Bonchev–Trinajstić information content (AvgIpc) is 3.26. The van der Waals surface area contributed by atoms with Gasteiger partial charge in [0.25, 0.3) is 0 Å². The third kappa shape index (κ3) is 6.31. The molecule has 29 heavy (non-hydrogen) atoms. The summed E-state index contributed by atoms with van der Waals surface area (Å²) in [5, 5.41) is 3.57. The molecule has 0 radical (unpaired) electrons. The number of hydrogen-bond donors (Lipinski definition) is 1. The molecule has 154 valence electrons. The molecule has 0 spiro atoms. The molecular weight excluding hydrogens is 388 g/mol. The second kappa shape index (κ2) is 10.4. The van der Waals surface area contributed by atoms with E-state index in [9.17, 15) is 9.59 Å². The van der Waals surface area contributed by atoms with Gasteiger partial charge in [0.05, 0.1) is 12.5 Å². The van der Waals surface area contributed by atoms with Crippen molar-refractivity contribution in [3.63, 3.8) is 0 Å². The van der Waals surface area contributed by atoms with Crippen LogP contribution in [0.25, 0.3) is 0 Å². The Morgan fingerprint density at radius 2 is 1.86 bits per heavy atom. The summed E-state index contributed by atoms with van der Waals surface area (Å²) < 4.78 is 5.57. The van der Waals surface area contributed by atoms with Gasteiger partial charge in [0.15, 0.2) is 0 Å². The number of benzene rings is 2. The van der Waals surface area contributed by atoms with Gasteiger partial charge in [0.2, 0.25) is 11.8 Å². The van der Waals surface area contributed by atoms with Gasteiger partial charge in [-0.2, -0.15) is 0 Å². The van der Waals surface area contributed by atoms with Crippen molar-refractivity contribution in [1.29, 1.82) is 0 Å². The minimum atomic E-state index is -0.587. The van der Waals surface area contributed by atoms with Gasteiger partial charge >= 0.3 is 0 Å². The minimum Gasteiger partial charge on any atom is -0.376 e. The molecule has 1 N–H and O–H groups in total. The van der Waals surface area contributed by atoms with Crippen LogP contribution < -0.4 is 5.32 Å². The number of hydrogen-bond acceptors (Lipinski definition) is 3. The fourth-order valence-electron chi connectivity index (χ4n) is 3.41. The molecule has 1 aliphatic rings. The van der Waals surface area contributed by atoms with Crippen LogP contribution in [0.1, 0.15) is 30.9 Å². The zero-order chi connectivity index (χ0) is 20.6. The van der Waals surface area contributed by atoms with E-state index >= 15 is 0 Å². The highest BCUT2D eigenvalue weighted by Gasteiger charge is 2.27. The van der Waals surface area contributed by atoms with Crippen LogP contribution in [-0.2, 0) is 27.3 Å². The molecule has 2 amide bonds. The van der Waals surface area contributed by atoms with Gasteiger partial charge in [-0.05, 0) is 43.0 Å². The van der Waals surface area contributed by atoms with Crippen LogP contribution in [-0.4, -0.2) is 42.0 Å². The Labute approximate surface area is 177 Å². The maximum atomic E-state index is 13.1. The van der Waals surface area contributed by atoms with Gasteiger partial charge in [0.1, 0.15) is 6.04 Å².